The van der Waals surface area contributed by atoms with Gasteiger partial charge in [0, 0.05) is 51.2 Å². The van der Waals surface area contributed by atoms with Gasteiger partial charge in [-0.15, -0.1) is 0 Å². The van der Waals surface area contributed by atoms with Gasteiger partial charge in [0.25, 0.3) is 0 Å². The molecule has 0 spiro atoms. The van der Waals surface area contributed by atoms with Crippen molar-refractivity contribution in [3.8, 4) is 0 Å². The minimum atomic E-state index is 0. The van der Waals surface area contributed by atoms with Crippen molar-refractivity contribution < 1.29 is 51.2 Å². The average molecular weight is 267 g/mol. The normalized spacial score (nSPS) is 0. The molecule has 0 saturated carbocycles. The summed E-state index contributed by atoms with van der Waals surface area (Å²) in [6.07, 6.45) is 0. The molecule has 0 bridgehead atoms. The SMILES string of the molecule is [Fe].[Fe].[Fe].[SH-].[SH-].[SH-]. The van der Waals surface area contributed by atoms with E-state index in [0.717, 1.165) is 0 Å². The zero-order chi connectivity index (χ0) is 0. The summed E-state index contributed by atoms with van der Waals surface area (Å²) in [5, 5.41) is 0. The summed E-state index contributed by atoms with van der Waals surface area (Å²) in [6, 6.07) is 0. The minimum absolute atomic E-state index is 0. The first-order valence-electron chi connectivity index (χ1n) is 0. The smallest absolute Gasteiger partial charge is 0 e. The van der Waals surface area contributed by atoms with Crippen molar-refractivity contribution in [1.82, 2.24) is 0 Å². The van der Waals surface area contributed by atoms with Gasteiger partial charge in [-0.3, -0.25) is 0 Å². The van der Waals surface area contributed by atoms with Gasteiger partial charge in [-0.25, -0.2) is 0 Å². The third-order valence-electron chi connectivity index (χ3n) is 0. The summed E-state index contributed by atoms with van der Waals surface area (Å²) in [5.41, 5.74) is 0. The molecule has 6 heteroatoms. The van der Waals surface area contributed by atoms with E-state index in [4.69, 9.17) is 0 Å². The van der Waals surface area contributed by atoms with Crippen LogP contribution in [0.1, 0.15) is 0 Å². The summed E-state index contributed by atoms with van der Waals surface area (Å²) in [4.78, 5) is 0. The van der Waals surface area contributed by atoms with E-state index in [1.54, 1.807) is 0 Å². The van der Waals surface area contributed by atoms with Crippen LogP contribution in [0.3, 0.4) is 0 Å². The van der Waals surface area contributed by atoms with Crippen molar-refractivity contribution in [2.24, 2.45) is 0 Å². The van der Waals surface area contributed by atoms with Gasteiger partial charge in [-0.2, -0.15) is 0 Å². The molecule has 0 aliphatic carbocycles. The van der Waals surface area contributed by atoms with Gasteiger partial charge in [0.1, 0.15) is 0 Å². The van der Waals surface area contributed by atoms with Gasteiger partial charge in [0.2, 0.25) is 0 Å². The van der Waals surface area contributed by atoms with Crippen molar-refractivity contribution in [1.29, 1.82) is 0 Å². The van der Waals surface area contributed by atoms with E-state index in [9.17, 15) is 0 Å². The molecule has 0 N–H and O–H groups in total. The molecule has 0 aliphatic heterocycles. The molecule has 0 radical (unpaired) electrons. The fourth-order valence-electron chi connectivity index (χ4n) is 0. The fourth-order valence-corrected chi connectivity index (χ4v) is 0. The summed E-state index contributed by atoms with van der Waals surface area (Å²) in [5.74, 6) is 0. The zero-order valence-electron chi connectivity index (χ0n) is 2.40. The molecule has 0 nitrogen and oxygen atoms in total. The van der Waals surface area contributed by atoms with Crippen molar-refractivity contribution in [3.05, 3.63) is 0 Å². The Morgan fingerprint density at radius 2 is 0.333 bits per heavy atom. The van der Waals surface area contributed by atoms with E-state index in [0.29, 0.717) is 0 Å². The Labute approximate surface area is 90.7 Å². The van der Waals surface area contributed by atoms with Crippen molar-refractivity contribution in [2.75, 3.05) is 0 Å². The standard InChI is InChI=1S/3Fe.3H2S/h;;;3*1H2/p-3. The fraction of sp³-hybridized carbons (Fsp3) is 0. The van der Waals surface area contributed by atoms with Crippen LogP contribution in [0.2, 0.25) is 0 Å². The molecule has 0 aromatic heterocycles. The first kappa shape index (κ1) is 73.2. The topological polar surface area (TPSA) is 0 Å². The third kappa shape index (κ3) is 30.6. The predicted molar refractivity (Wildman–Crippen MR) is 26.3 cm³/mol. The van der Waals surface area contributed by atoms with E-state index >= 15 is 0 Å². The Kier molecular flexibility index (Phi) is 596. The van der Waals surface area contributed by atoms with Crippen molar-refractivity contribution in [3.63, 3.8) is 0 Å². The van der Waals surface area contributed by atoms with Gasteiger partial charge >= 0.3 is 0 Å². The van der Waals surface area contributed by atoms with E-state index in [2.05, 4.69) is 0 Å². The van der Waals surface area contributed by atoms with Crippen LogP contribution < -0.4 is 0 Å². The predicted octanol–water partition coefficient (Wildman–Crippen LogP) is -0.818. The molecule has 0 aliphatic rings. The molecule has 48 valence electrons. The maximum Gasteiger partial charge on any atom is 0 e. The first-order chi connectivity index (χ1) is 0. The van der Waals surface area contributed by atoms with Crippen LogP contribution in [-0.4, -0.2) is 0 Å². The minimum Gasteiger partial charge on any atom is -0.813 e. The summed E-state index contributed by atoms with van der Waals surface area (Å²) in [6.45, 7) is 0. The maximum atomic E-state index is 0. The van der Waals surface area contributed by atoms with E-state index < -0.39 is 0 Å². The van der Waals surface area contributed by atoms with E-state index in [1.807, 2.05) is 0 Å². The summed E-state index contributed by atoms with van der Waals surface area (Å²) >= 11 is 0. The molecule has 0 rings (SSSR count). The summed E-state index contributed by atoms with van der Waals surface area (Å²) in [7, 11) is 0. The van der Waals surface area contributed by atoms with E-state index in [-0.39, 0.29) is 91.7 Å². The average Bonchev–Trinajstić information content (AvgIpc) is 0. The molecule has 0 aromatic carbocycles. The van der Waals surface area contributed by atoms with Gasteiger partial charge in [0.05, 0.1) is 0 Å². The number of thiol groups is 3. The van der Waals surface area contributed by atoms with E-state index in [1.165, 1.54) is 0 Å². The molecule has 0 fully saturated rings. The Balaban J connectivity index is 0. The molecule has 0 unspecified atom stereocenters. The van der Waals surface area contributed by atoms with Crippen LogP contribution >= 0.6 is 0 Å². The molecule has 0 saturated heterocycles. The molecule has 0 heterocycles. The van der Waals surface area contributed by atoms with Gasteiger partial charge < -0.3 is 40.5 Å². The van der Waals surface area contributed by atoms with Crippen LogP contribution in [0.25, 0.3) is 0 Å². The molecule has 6 heavy (non-hydrogen) atoms. The van der Waals surface area contributed by atoms with Crippen LogP contribution in [0, 0.1) is 0 Å². The zero-order valence-corrected chi connectivity index (χ0v) is 8.40. The number of hydrogen-bond acceptors (Lipinski definition) is 3. The largest absolute Gasteiger partial charge is 0.813 e. The number of hydrogen-bond donors (Lipinski definition) is 0. The van der Waals surface area contributed by atoms with Crippen LogP contribution in [0.4, 0.5) is 0 Å². The quantitative estimate of drug-likeness (QED) is 0.320. The van der Waals surface area contributed by atoms with Crippen LogP contribution in [0.15, 0.2) is 0 Å². The number of rotatable bonds is 0. The summed E-state index contributed by atoms with van der Waals surface area (Å²) < 4.78 is 0. The van der Waals surface area contributed by atoms with Gasteiger partial charge in [-0.1, -0.05) is 0 Å². The van der Waals surface area contributed by atoms with Crippen LogP contribution in [0.5, 0.6) is 0 Å². The Hall–Kier alpha value is 2.61. The van der Waals surface area contributed by atoms with Gasteiger partial charge in [0.15, 0.2) is 0 Å². The Bertz CT molecular complexity index is 6.00. The Morgan fingerprint density at radius 1 is 0.333 bits per heavy atom. The van der Waals surface area contributed by atoms with Crippen molar-refractivity contribution >= 4 is 40.5 Å². The van der Waals surface area contributed by atoms with Crippen molar-refractivity contribution in [2.45, 2.75) is 0 Å². The van der Waals surface area contributed by atoms with Gasteiger partial charge in [-0.05, 0) is 0 Å². The molecular formula is H3Fe3S3-3. The second-order valence-corrected chi connectivity index (χ2v) is 0. The monoisotopic (exact) mass is 267 g/mol. The maximum absolute atomic E-state index is 0. The molecule has 0 aromatic rings. The third-order valence-corrected chi connectivity index (χ3v) is 0. The Morgan fingerprint density at radius 3 is 0.333 bits per heavy atom. The molecule has 0 atom stereocenters. The first-order valence-corrected chi connectivity index (χ1v) is 0. The van der Waals surface area contributed by atoms with Crippen LogP contribution in [-0.2, 0) is 91.7 Å². The molecule has 0 amide bonds. The second kappa shape index (κ2) is 48.8. The molecular weight excluding hydrogens is 264 g/mol. The second-order valence-electron chi connectivity index (χ2n) is 0.